The van der Waals surface area contributed by atoms with Crippen molar-refractivity contribution in [3.63, 3.8) is 0 Å². The van der Waals surface area contributed by atoms with Gasteiger partial charge in [0.05, 0.1) is 24.3 Å². The molecule has 0 aliphatic rings. The number of ether oxygens (including phenoxy) is 1. The van der Waals surface area contributed by atoms with Crippen LogP contribution in [-0.4, -0.2) is 50.5 Å². The highest BCUT2D eigenvalue weighted by Crippen LogP contribution is 2.26. The Morgan fingerprint density at radius 2 is 2.03 bits per heavy atom. The number of nitrogens with one attached hydrogen (secondary N) is 2. The maximum absolute atomic E-state index is 13.0. The van der Waals surface area contributed by atoms with Gasteiger partial charge in [-0.1, -0.05) is 6.08 Å². The first-order valence-corrected chi connectivity index (χ1v) is 9.98. The first-order valence-electron chi connectivity index (χ1n) is 9.98. The third kappa shape index (κ3) is 5.87. The van der Waals surface area contributed by atoms with E-state index >= 15 is 0 Å². The number of aromatic nitrogens is 4. The van der Waals surface area contributed by atoms with Gasteiger partial charge in [0.2, 0.25) is 0 Å². The molecule has 3 N–H and O–H groups in total. The number of aliphatic hydroxyl groups is 1. The van der Waals surface area contributed by atoms with E-state index in [0.29, 0.717) is 29.4 Å². The lowest BCUT2D eigenvalue weighted by molar-refractivity contribution is 0.234. The smallest absolute Gasteiger partial charge is 0.262 e. The Balaban J connectivity index is 2.03. The Morgan fingerprint density at radius 3 is 2.74 bits per heavy atom. The molecule has 3 aromatic heterocycles. The summed E-state index contributed by atoms with van der Waals surface area (Å²) in [5, 5.41) is 17.0. The number of hydrogen-bond acceptors (Lipinski definition) is 8. The van der Waals surface area contributed by atoms with Gasteiger partial charge in [-0.25, -0.2) is 15.0 Å². The molecule has 0 saturated heterocycles. The lowest BCUT2D eigenvalue weighted by Gasteiger charge is -2.23. The number of methoxy groups -OCH3 is 1. The summed E-state index contributed by atoms with van der Waals surface area (Å²) in [5.74, 6) is 1.59. The van der Waals surface area contributed by atoms with E-state index in [9.17, 15) is 9.90 Å². The predicted octanol–water partition coefficient (Wildman–Crippen LogP) is 2.79. The van der Waals surface area contributed by atoms with E-state index in [0.717, 1.165) is 11.1 Å². The molecule has 164 valence electrons. The molecule has 3 rings (SSSR count). The fourth-order valence-corrected chi connectivity index (χ4v) is 3.02. The lowest BCUT2D eigenvalue weighted by Crippen LogP contribution is -2.29. The largest absolute Gasteiger partial charge is 0.395 e. The molecule has 3 heterocycles. The summed E-state index contributed by atoms with van der Waals surface area (Å²) in [5.41, 5.74) is 0.219. The van der Waals surface area contributed by atoms with Crippen molar-refractivity contribution in [3.8, 4) is 0 Å². The van der Waals surface area contributed by atoms with Gasteiger partial charge in [0, 0.05) is 31.5 Å². The number of fused-ring (bicyclic) bond motifs is 1. The molecule has 0 amide bonds. The molecule has 31 heavy (non-hydrogen) atoms. The van der Waals surface area contributed by atoms with Crippen LogP contribution < -0.4 is 16.2 Å². The van der Waals surface area contributed by atoms with E-state index < -0.39 is 0 Å². The average molecular weight is 425 g/mol. The molecular formula is C22H28N6O3. The first-order chi connectivity index (χ1) is 14.8. The molecule has 0 aliphatic heterocycles. The molecule has 3 aromatic rings. The molecule has 0 bridgehead atoms. The minimum absolute atomic E-state index is 0.116. The van der Waals surface area contributed by atoms with E-state index in [-0.39, 0.29) is 24.2 Å². The van der Waals surface area contributed by atoms with Crippen molar-refractivity contribution < 1.29 is 9.84 Å². The van der Waals surface area contributed by atoms with Gasteiger partial charge in [0.15, 0.2) is 0 Å². The van der Waals surface area contributed by atoms with E-state index in [1.807, 2.05) is 39.0 Å². The van der Waals surface area contributed by atoms with Crippen LogP contribution in [0.1, 0.15) is 26.5 Å². The van der Waals surface area contributed by atoms with Gasteiger partial charge in [-0.15, -0.1) is 0 Å². The van der Waals surface area contributed by atoms with Crippen molar-refractivity contribution in [1.82, 2.24) is 19.5 Å². The van der Waals surface area contributed by atoms with Crippen molar-refractivity contribution in [1.29, 1.82) is 0 Å². The van der Waals surface area contributed by atoms with Crippen molar-refractivity contribution >= 4 is 34.3 Å². The molecule has 0 aromatic carbocycles. The van der Waals surface area contributed by atoms with Crippen molar-refractivity contribution in [2.24, 2.45) is 0 Å². The molecule has 0 saturated carbocycles. The molecule has 0 fully saturated rings. The Morgan fingerprint density at radius 1 is 1.23 bits per heavy atom. The highest BCUT2D eigenvalue weighted by molar-refractivity contribution is 5.93. The van der Waals surface area contributed by atoms with Crippen molar-refractivity contribution in [3.05, 3.63) is 52.8 Å². The number of anilines is 3. The van der Waals surface area contributed by atoms with E-state index in [2.05, 4.69) is 25.6 Å². The van der Waals surface area contributed by atoms with Crippen LogP contribution in [0.5, 0.6) is 0 Å². The summed E-state index contributed by atoms with van der Waals surface area (Å²) in [6.07, 6.45) is 6.86. The third-order valence-corrected chi connectivity index (χ3v) is 4.29. The van der Waals surface area contributed by atoms with Crippen LogP contribution in [0.4, 0.5) is 17.5 Å². The minimum Gasteiger partial charge on any atom is -0.395 e. The molecule has 0 atom stereocenters. The molecule has 0 radical (unpaired) electrons. The monoisotopic (exact) mass is 424 g/mol. The normalized spacial score (nSPS) is 11.9. The van der Waals surface area contributed by atoms with Gasteiger partial charge < -0.3 is 25.0 Å². The second kappa shape index (κ2) is 9.67. The zero-order valence-electron chi connectivity index (χ0n) is 18.2. The molecule has 0 spiro atoms. The summed E-state index contributed by atoms with van der Waals surface area (Å²) < 4.78 is 6.49. The summed E-state index contributed by atoms with van der Waals surface area (Å²) in [6.45, 7) is 6.60. The van der Waals surface area contributed by atoms with Gasteiger partial charge in [0.1, 0.15) is 23.8 Å². The highest BCUT2D eigenvalue weighted by Gasteiger charge is 2.17. The fourth-order valence-electron chi connectivity index (χ4n) is 3.02. The minimum atomic E-state index is -0.309. The number of hydrogen-bond donors (Lipinski definition) is 3. The van der Waals surface area contributed by atoms with Crippen LogP contribution in [0.2, 0.25) is 0 Å². The van der Waals surface area contributed by atoms with Gasteiger partial charge in [-0.05, 0) is 44.4 Å². The Kier molecular flexibility index (Phi) is 6.98. The van der Waals surface area contributed by atoms with Crippen molar-refractivity contribution in [2.45, 2.75) is 32.9 Å². The molecule has 9 heteroatoms. The van der Waals surface area contributed by atoms with Gasteiger partial charge in [0.25, 0.3) is 5.56 Å². The fraction of sp³-hybridized carbons (Fsp3) is 0.364. The van der Waals surface area contributed by atoms with Gasteiger partial charge in [-0.3, -0.25) is 4.79 Å². The summed E-state index contributed by atoms with van der Waals surface area (Å²) in [4.78, 5) is 26.1. The topological polar surface area (TPSA) is 114 Å². The summed E-state index contributed by atoms with van der Waals surface area (Å²) in [6, 6.07) is 5.44. The van der Waals surface area contributed by atoms with E-state index in [4.69, 9.17) is 4.74 Å². The van der Waals surface area contributed by atoms with Gasteiger partial charge in [-0.2, -0.15) is 0 Å². The maximum Gasteiger partial charge on any atom is 0.262 e. The molecule has 0 aliphatic carbocycles. The van der Waals surface area contributed by atoms with Crippen LogP contribution in [0.15, 0.2) is 41.6 Å². The second-order valence-corrected chi connectivity index (χ2v) is 8.04. The predicted molar refractivity (Wildman–Crippen MR) is 123 cm³/mol. The quantitative estimate of drug-likeness (QED) is 0.506. The van der Waals surface area contributed by atoms with Crippen LogP contribution in [0, 0.1) is 0 Å². The molecule has 0 unspecified atom stereocenters. The summed E-state index contributed by atoms with van der Waals surface area (Å²) >= 11 is 0. The van der Waals surface area contributed by atoms with Crippen LogP contribution >= 0.6 is 0 Å². The average Bonchev–Trinajstić information content (AvgIpc) is 2.69. The number of aliphatic hydroxyl groups excluding tert-OH is 1. The second-order valence-electron chi connectivity index (χ2n) is 8.04. The zero-order chi connectivity index (χ0) is 22.4. The molecule has 9 nitrogen and oxygen atoms in total. The lowest BCUT2D eigenvalue weighted by atomic mass is 10.1. The van der Waals surface area contributed by atoms with Crippen LogP contribution in [0.25, 0.3) is 16.8 Å². The van der Waals surface area contributed by atoms with E-state index in [1.165, 1.54) is 10.9 Å². The maximum atomic E-state index is 13.0. The SMILES string of the molecule is COC/C=C/c1cc(Nc2cc3ccn(CCO)c(=O)c3c(NC(C)(C)C)n2)ncn1. The first kappa shape index (κ1) is 22.4. The Bertz CT molecular complexity index is 1130. The van der Waals surface area contributed by atoms with Crippen molar-refractivity contribution in [2.75, 3.05) is 31.0 Å². The number of nitrogens with zero attached hydrogens (tertiary/aromatic N) is 4. The zero-order valence-corrected chi connectivity index (χ0v) is 18.2. The Labute approximate surface area is 180 Å². The number of pyridine rings is 2. The van der Waals surface area contributed by atoms with Crippen LogP contribution in [0.3, 0.4) is 0 Å². The van der Waals surface area contributed by atoms with Crippen LogP contribution in [-0.2, 0) is 11.3 Å². The summed E-state index contributed by atoms with van der Waals surface area (Å²) in [7, 11) is 1.63. The third-order valence-electron chi connectivity index (χ3n) is 4.29. The molecular weight excluding hydrogens is 396 g/mol. The van der Waals surface area contributed by atoms with E-state index in [1.54, 1.807) is 25.4 Å². The number of rotatable bonds is 8. The standard InChI is InChI=1S/C22H28N6O3/c1-22(2,3)27-20-19-15(7-8-28(9-10-29)21(19)30)12-18(26-20)25-17-13-16(23-14-24-17)6-5-11-31-4/h5-8,12-14,29H,9-11H2,1-4H3,(H2,23,24,25,26,27)/b6-5+. The highest BCUT2D eigenvalue weighted by atomic mass is 16.5. The van der Waals surface area contributed by atoms with Gasteiger partial charge >= 0.3 is 0 Å². The Hall–Kier alpha value is -3.30.